The van der Waals surface area contributed by atoms with Gasteiger partial charge in [0.1, 0.15) is 0 Å². The average Bonchev–Trinajstić information content (AvgIpc) is 3.15. The molecular weight excluding hydrogens is 398 g/mol. The second kappa shape index (κ2) is 7.91. The molecule has 29 heavy (non-hydrogen) atoms. The molecule has 0 bridgehead atoms. The van der Waals surface area contributed by atoms with E-state index in [4.69, 9.17) is 11.6 Å². The summed E-state index contributed by atoms with van der Waals surface area (Å²) in [5.74, 6) is 0.236. The Morgan fingerprint density at radius 2 is 1.62 bits per heavy atom. The van der Waals surface area contributed by atoms with E-state index in [0.29, 0.717) is 6.42 Å². The van der Waals surface area contributed by atoms with Crippen LogP contribution in [0, 0.1) is 0 Å². The first-order valence-electron chi connectivity index (χ1n) is 10.1. The molecule has 0 radical (unpaired) electrons. The Balaban J connectivity index is 1.46. The van der Waals surface area contributed by atoms with E-state index < -0.39 is 0 Å². The lowest BCUT2D eigenvalue weighted by Gasteiger charge is -2.30. The molecule has 0 N–H and O–H groups in total. The van der Waals surface area contributed by atoms with Crippen LogP contribution in [0.3, 0.4) is 0 Å². The number of benzene rings is 2. The van der Waals surface area contributed by atoms with E-state index in [1.54, 1.807) is 11.3 Å². The van der Waals surface area contributed by atoms with Gasteiger partial charge in [0, 0.05) is 41.5 Å². The van der Waals surface area contributed by atoms with E-state index in [1.807, 2.05) is 24.3 Å². The Kier molecular flexibility index (Phi) is 5.13. The fourth-order valence-electron chi connectivity index (χ4n) is 4.49. The fourth-order valence-corrected chi connectivity index (χ4v) is 5.50. The van der Waals surface area contributed by atoms with E-state index in [9.17, 15) is 4.79 Å². The van der Waals surface area contributed by atoms with E-state index in [0.717, 1.165) is 48.6 Å². The normalized spacial score (nSPS) is 17.1. The molecule has 2 nitrogen and oxygen atoms in total. The van der Waals surface area contributed by atoms with Crippen molar-refractivity contribution in [1.82, 2.24) is 4.90 Å². The number of hydrogen-bond acceptors (Lipinski definition) is 3. The van der Waals surface area contributed by atoms with Crippen LogP contribution in [-0.2, 0) is 13.0 Å². The molecule has 4 heteroatoms. The Morgan fingerprint density at radius 3 is 2.38 bits per heavy atom. The topological polar surface area (TPSA) is 20.3 Å². The van der Waals surface area contributed by atoms with Crippen molar-refractivity contribution in [3.05, 3.63) is 97.7 Å². The second-order valence-electron chi connectivity index (χ2n) is 7.78. The van der Waals surface area contributed by atoms with Crippen molar-refractivity contribution in [2.45, 2.75) is 25.8 Å². The van der Waals surface area contributed by atoms with Crippen LogP contribution >= 0.6 is 22.9 Å². The van der Waals surface area contributed by atoms with Crippen LogP contribution in [0.15, 0.2) is 65.6 Å². The minimum Gasteiger partial charge on any atom is -0.298 e. The molecule has 1 aromatic heterocycles. The van der Waals surface area contributed by atoms with Crippen LogP contribution in [0.2, 0.25) is 5.02 Å². The molecule has 0 spiro atoms. The smallest absolute Gasteiger partial charge is 0.168 e. The molecule has 5 rings (SSSR count). The molecule has 1 fully saturated rings. The summed E-state index contributed by atoms with van der Waals surface area (Å²) in [6, 6.07) is 18.5. The highest BCUT2D eigenvalue weighted by Crippen LogP contribution is 2.40. The first-order chi connectivity index (χ1) is 14.2. The number of carbonyl (C=O) groups is 1. The molecule has 2 aliphatic rings. The average molecular weight is 420 g/mol. The number of nitrogens with zero attached hydrogens (tertiary/aromatic N) is 1. The second-order valence-corrected chi connectivity index (χ2v) is 9.22. The summed E-state index contributed by atoms with van der Waals surface area (Å²) in [6.45, 7) is 3.03. The maximum Gasteiger partial charge on any atom is 0.168 e. The maximum atomic E-state index is 12.8. The quantitative estimate of drug-likeness (QED) is 0.490. The first kappa shape index (κ1) is 18.8. The number of rotatable bonds is 2. The molecule has 1 saturated heterocycles. The van der Waals surface area contributed by atoms with Crippen molar-refractivity contribution in [2.75, 3.05) is 13.1 Å². The summed E-state index contributed by atoms with van der Waals surface area (Å²) in [5.41, 5.74) is 7.37. The number of Topliss-reactive ketones (excluding diaryl/α,β-unsaturated/α-hetero) is 1. The van der Waals surface area contributed by atoms with Gasteiger partial charge in [-0.05, 0) is 58.7 Å². The van der Waals surface area contributed by atoms with Gasteiger partial charge < -0.3 is 0 Å². The molecule has 3 aromatic rings. The van der Waals surface area contributed by atoms with E-state index in [-0.39, 0.29) is 5.78 Å². The summed E-state index contributed by atoms with van der Waals surface area (Å²) >= 11 is 7.72. The van der Waals surface area contributed by atoms with Crippen molar-refractivity contribution >= 4 is 34.3 Å². The molecular formula is C25H22ClNOS. The fraction of sp³-hybridized carbons (Fsp3) is 0.240. The van der Waals surface area contributed by atoms with Gasteiger partial charge in [0.15, 0.2) is 5.78 Å². The van der Waals surface area contributed by atoms with Crippen LogP contribution < -0.4 is 0 Å². The SMILES string of the molecule is O=C1Cc2sccc2C(=C2CCN(Cc3ccc(Cl)cc3)CC2)c2ccccc21. The highest BCUT2D eigenvalue weighted by atomic mass is 35.5. The number of hydrogen-bond donors (Lipinski definition) is 0. The molecule has 146 valence electrons. The van der Waals surface area contributed by atoms with E-state index >= 15 is 0 Å². The maximum absolute atomic E-state index is 12.8. The molecule has 0 amide bonds. The van der Waals surface area contributed by atoms with Crippen LogP contribution in [0.25, 0.3) is 5.57 Å². The van der Waals surface area contributed by atoms with E-state index in [2.05, 4.69) is 40.6 Å². The number of halogens is 1. The lowest BCUT2D eigenvalue weighted by atomic mass is 9.87. The lowest BCUT2D eigenvalue weighted by Crippen LogP contribution is -2.30. The van der Waals surface area contributed by atoms with Crippen molar-refractivity contribution < 1.29 is 4.79 Å². The van der Waals surface area contributed by atoms with Gasteiger partial charge in [-0.25, -0.2) is 0 Å². The van der Waals surface area contributed by atoms with Gasteiger partial charge in [-0.1, -0.05) is 53.6 Å². The van der Waals surface area contributed by atoms with Gasteiger partial charge in [0.2, 0.25) is 0 Å². The predicted octanol–water partition coefficient (Wildman–Crippen LogP) is 6.24. The molecule has 2 heterocycles. The van der Waals surface area contributed by atoms with Crippen molar-refractivity contribution in [2.24, 2.45) is 0 Å². The summed E-state index contributed by atoms with van der Waals surface area (Å²) in [4.78, 5) is 16.6. The number of carbonyl (C=O) groups excluding carboxylic acids is 1. The number of thiophene rings is 1. The standard InChI is InChI=1S/C25H22ClNOS/c26-19-7-5-17(6-8-19)16-27-12-9-18(10-13-27)25-21-4-2-1-3-20(21)23(28)15-24-22(25)11-14-29-24/h1-8,11,14H,9-10,12-13,15-16H2. The van der Waals surface area contributed by atoms with Crippen molar-refractivity contribution in [3.8, 4) is 0 Å². The Hall–Kier alpha value is -2.20. The molecule has 1 aliphatic carbocycles. The number of likely N-dealkylation sites (tertiary alicyclic amines) is 1. The number of piperidine rings is 1. The van der Waals surface area contributed by atoms with Crippen molar-refractivity contribution in [3.63, 3.8) is 0 Å². The third-order valence-corrected chi connectivity index (χ3v) is 7.14. The van der Waals surface area contributed by atoms with Gasteiger partial charge in [-0.3, -0.25) is 9.69 Å². The van der Waals surface area contributed by atoms with Crippen LogP contribution in [-0.4, -0.2) is 23.8 Å². The van der Waals surface area contributed by atoms with Gasteiger partial charge in [-0.2, -0.15) is 0 Å². The van der Waals surface area contributed by atoms with Crippen LogP contribution in [0.4, 0.5) is 0 Å². The Bertz CT molecular complexity index is 1090. The summed E-state index contributed by atoms with van der Waals surface area (Å²) in [7, 11) is 0. The number of ketones is 1. The van der Waals surface area contributed by atoms with Gasteiger partial charge in [0.25, 0.3) is 0 Å². The largest absolute Gasteiger partial charge is 0.298 e. The summed E-state index contributed by atoms with van der Waals surface area (Å²) < 4.78 is 0. The first-order valence-corrected chi connectivity index (χ1v) is 11.3. The van der Waals surface area contributed by atoms with Crippen LogP contribution in [0.5, 0.6) is 0 Å². The molecule has 0 atom stereocenters. The third kappa shape index (κ3) is 3.71. The molecule has 0 unspecified atom stereocenters. The van der Waals surface area contributed by atoms with Crippen molar-refractivity contribution in [1.29, 1.82) is 0 Å². The van der Waals surface area contributed by atoms with Gasteiger partial charge in [-0.15, -0.1) is 11.3 Å². The monoisotopic (exact) mass is 419 g/mol. The summed E-state index contributed by atoms with van der Waals surface area (Å²) in [5, 5.41) is 2.91. The summed E-state index contributed by atoms with van der Waals surface area (Å²) in [6.07, 6.45) is 2.60. The Morgan fingerprint density at radius 1 is 0.897 bits per heavy atom. The lowest BCUT2D eigenvalue weighted by molar-refractivity contribution is 0.0994. The predicted molar refractivity (Wildman–Crippen MR) is 121 cm³/mol. The minimum absolute atomic E-state index is 0.236. The molecule has 2 aromatic carbocycles. The Labute approximate surface area is 180 Å². The highest BCUT2D eigenvalue weighted by Gasteiger charge is 2.27. The van der Waals surface area contributed by atoms with E-state index in [1.165, 1.54) is 27.2 Å². The zero-order valence-electron chi connectivity index (χ0n) is 16.2. The zero-order valence-corrected chi connectivity index (χ0v) is 17.7. The van der Waals surface area contributed by atoms with Crippen LogP contribution in [0.1, 0.15) is 44.8 Å². The van der Waals surface area contributed by atoms with Gasteiger partial charge in [0.05, 0.1) is 0 Å². The zero-order chi connectivity index (χ0) is 19.8. The third-order valence-electron chi connectivity index (χ3n) is 5.97. The highest BCUT2D eigenvalue weighted by molar-refractivity contribution is 7.10. The van der Waals surface area contributed by atoms with Gasteiger partial charge >= 0.3 is 0 Å². The minimum atomic E-state index is 0.236. The number of fused-ring (bicyclic) bond motifs is 2. The molecule has 0 saturated carbocycles. The molecule has 1 aliphatic heterocycles.